The van der Waals surface area contributed by atoms with Crippen molar-refractivity contribution in [1.29, 1.82) is 0 Å². The number of carbonyl (C=O) groups is 1. The van der Waals surface area contributed by atoms with E-state index in [0.29, 0.717) is 24.2 Å². The van der Waals surface area contributed by atoms with Crippen LogP contribution in [0, 0.1) is 18.6 Å². The Morgan fingerprint density at radius 3 is 2.61 bits per heavy atom. The number of benzene rings is 2. The number of nitrogens with zero attached hydrogens (tertiary/aromatic N) is 6. The zero-order valence-electron chi connectivity index (χ0n) is 16.4. The molecule has 0 N–H and O–H groups in total. The second kappa shape index (κ2) is 7.38. The minimum atomic E-state index is -0.997. The first kappa shape index (κ1) is 19.0. The second-order valence-electron chi connectivity index (χ2n) is 7.23. The van der Waals surface area contributed by atoms with Crippen molar-refractivity contribution in [3.63, 3.8) is 0 Å². The van der Waals surface area contributed by atoms with Crippen molar-refractivity contribution in [2.75, 3.05) is 6.54 Å². The number of hydrogen-bond donors (Lipinski definition) is 0. The Labute approximate surface area is 175 Å². The van der Waals surface area contributed by atoms with E-state index >= 15 is 0 Å². The number of aryl methyl sites for hydroxylation is 1. The maximum atomic E-state index is 13.5. The summed E-state index contributed by atoms with van der Waals surface area (Å²) in [5.74, 6) is -1.79. The Bertz CT molecular complexity index is 1270. The molecule has 0 radical (unpaired) electrons. The Morgan fingerprint density at radius 2 is 1.90 bits per heavy atom. The molecule has 31 heavy (non-hydrogen) atoms. The smallest absolute Gasteiger partial charge is 0.256 e. The average Bonchev–Trinajstić information content (AvgIpc) is 3.42. The molecule has 10 heteroatoms. The number of likely N-dealkylation sites (tertiary alicyclic amines) is 1. The number of rotatable bonds is 4. The van der Waals surface area contributed by atoms with Crippen LogP contribution in [-0.2, 0) is 0 Å². The largest absolute Gasteiger partial charge is 0.337 e. The Kier molecular flexibility index (Phi) is 4.54. The normalized spacial score (nSPS) is 15.7. The van der Waals surface area contributed by atoms with Crippen LogP contribution < -0.4 is 0 Å². The van der Waals surface area contributed by atoms with Gasteiger partial charge in [-0.3, -0.25) is 4.79 Å². The van der Waals surface area contributed by atoms with Gasteiger partial charge < -0.3 is 9.42 Å². The molecule has 0 spiro atoms. The molecule has 1 unspecified atom stereocenters. The summed E-state index contributed by atoms with van der Waals surface area (Å²) >= 11 is 0. The van der Waals surface area contributed by atoms with Crippen LogP contribution in [-0.4, -0.2) is 42.5 Å². The highest BCUT2D eigenvalue weighted by atomic mass is 19.2. The van der Waals surface area contributed by atoms with Crippen LogP contribution >= 0.6 is 0 Å². The van der Waals surface area contributed by atoms with Gasteiger partial charge in [-0.05, 0) is 43.7 Å². The highest BCUT2D eigenvalue weighted by Gasteiger charge is 2.39. The molecule has 1 fully saturated rings. The number of hydrogen-bond acceptors (Lipinski definition) is 6. The minimum absolute atomic E-state index is 0.130. The Morgan fingerprint density at radius 1 is 1.10 bits per heavy atom. The molecule has 1 atom stereocenters. The van der Waals surface area contributed by atoms with Crippen molar-refractivity contribution in [3.8, 4) is 17.1 Å². The molecular formula is C21H16F2N6O2. The van der Waals surface area contributed by atoms with Crippen LogP contribution in [0.1, 0.15) is 34.3 Å². The zero-order chi connectivity index (χ0) is 21.5. The van der Waals surface area contributed by atoms with E-state index < -0.39 is 17.7 Å². The summed E-state index contributed by atoms with van der Waals surface area (Å²) in [6.45, 7) is 2.42. The highest BCUT2D eigenvalue weighted by Crippen LogP contribution is 2.35. The third kappa shape index (κ3) is 3.35. The lowest BCUT2D eigenvalue weighted by Crippen LogP contribution is -2.45. The third-order valence-corrected chi connectivity index (χ3v) is 5.20. The molecule has 2 aromatic carbocycles. The predicted molar refractivity (Wildman–Crippen MR) is 104 cm³/mol. The van der Waals surface area contributed by atoms with Gasteiger partial charge in [0.15, 0.2) is 11.6 Å². The third-order valence-electron chi connectivity index (χ3n) is 5.20. The molecule has 1 aliphatic heterocycles. The van der Waals surface area contributed by atoms with Crippen molar-refractivity contribution in [1.82, 2.24) is 30.0 Å². The van der Waals surface area contributed by atoms with Gasteiger partial charge in [0, 0.05) is 12.1 Å². The van der Waals surface area contributed by atoms with Crippen molar-refractivity contribution in [2.24, 2.45) is 0 Å². The molecule has 1 saturated heterocycles. The number of aromatic nitrogens is 5. The fraction of sp³-hybridized carbons (Fsp3) is 0.190. The maximum absolute atomic E-state index is 13.5. The van der Waals surface area contributed by atoms with E-state index in [1.807, 2.05) is 13.0 Å². The van der Waals surface area contributed by atoms with E-state index in [9.17, 15) is 13.6 Å². The molecule has 5 rings (SSSR count). The summed E-state index contributed by atoms with van der Waals surface area (Å²) in [5.41, 5.74) is 2.24. The first-order valence-corrected chi connectivity index (χ1v) is 9.58. The van der Waals surface area contributed by atoms with Crippen LogP contribution in [0.5, 0.6) is 0 Å². The van der Waals surface area contributed by atoms with Gasteiger partial charge in [0.05, 0.1) is 23.6 Å². The van der Waals surface area contributed by atoms with E-state index in [-0.39, 0.29) is 23.2 Å². The topological polar surface area (TPSA) is 89.9 Å². The molecule has 8 nitrogen and oxygen atoms in total. The molecule has 156 valence electrons. The van der Waals surface area contributed by atoms with Gasteiger partial charge in [-0.15, -0.1) is 0 Å². The van der Waals surface area contributed by atoms with E-state index in [0.717, 1.165) is 17.7 Å². The van der Waals surface area contributed by atoms with Gasteiger partial charge in [-0.1, -0.05) is 16.8 Å². The van der Waals surface area contributed by atoms with Crippen LogP contribution in [0.4, 0.5) is 8.78 Å². The first-order valence-electron chi connectivity index (χ1n) is 9.58. The van der Waals surface area contributed by atoms with Gasteiger partial charge >= 0.3 is 0 Å². The second-order valence-corrected chi connectivity index (χ2v) is 7.23. The summed E-state index contributed by atoms with van der Waals surface area (Å²) < 4.78 is 32.0. The van der Waals surface area contributed by atoms with Gasteiger partial charge in [0.25, 0.3) is 5.91 Å². The van der Waals surface area contributed by atoms with E-state index in [4.69, 9.17) is 4.52 Å². The molecule has 0 saturated carbocycles. The SMILES string of the molecule is Cc1ccc(-n2nccn2)c(C(=O)N2CCC2c2nc(-c3ccc(F)c(F)c3)no2)c1. The molecule has 0 aliphatic carbocycles. The molecule has 2 aromatic heterocycles. The molecule has 0 bridgehead atoms. The van der Waals surface area contributed by atoms with Crippen LogP contribution in [0.2, 0.25) is 0 Å². The Balaban J connectivity index is 1.43. The molecule has 4 aromatic rings. The minimum Gasteiger partial charge on any atom is -0.337 e. The van der Waals surface area contributed by atoms with E-state index in [1.165, 1.54) is 10.9 Å². The number of amides is 1. The van der Waals surface area contributed by atoms with Crippen molar-refractivity contribution in [3.05, 3.63) is 77.4 Å². The molecule has 3 heterocycles. The fourth-order valence-electron chi connectivity index (χ4n) is 3.50. The summed E-state index contributed by atoms with van der Waals surface area (Å²) in [6.07, 6.45) is 3.73. The lowest BCUT2D eigenvalue weighted by Gasteiger charge is -2.38. The van der Waals surface area contributed by atoms with Crippen LogP contribution in [0.25, 0.3) is 17.1 Å². The lowest BCUT2D eigenvalue weighted by atomic mass is 9.99. The van der Waals surface area contributed by atoms with Crippen LogP contribution in [0.15, 0.2) is 53.3 Å². The monoisotopic (exact) mass is 422 g/mol. The van der Waals surface area contributed by atoms with Crippen molar-refractivity contribution in [2.45, 2.75) is 19.4 Å². The van der Waals surface area contributed by atoms with Crippen LogP contribution in [0.3, 0.4) is 0 Å². The average molecular weight is 422 g/mol. The van der Waals surface area contributed by atoms with Crippen molar-refractivity contribution >= 4 is 5.91 Å². The Hall–Kier alpha value is -3.95. The lowest BCUT2D eigenvalue weighted by molar-refractivity contribution is 0.0378. The van der Waals surface area contributed by atoms with Crippen molar-refractivity contribution < 1.29 is 18.1 Å². The summed E-state index contributed by atoms with van der Waals surface area (Å²) in [4.78, 5) is 20.6. The summed E-state index contributed by atoms with van der Waals surface area (Å²) in [5, 5.41) is 12.1. The van der Waals surface area contributed by atoms with Gasteiger partial charge in [-0.25, -0.2) is 8.78 Å². The highest BCUT2D eigenvalue weighted by molar-refractivity contribution is 5.98. The zero-order valence-corrected chi connectivity index (χ0v) is 16.4. The standard InChI is InChI=1S/C21H16F2N6O2/c1-12-2-5-17(29-24-7-8-25-29)14(10-12)21(30)28-9-6-18(28)20-26-19(27-31-20)13-3-4-15(22)16(23)11-13/h2-5,7-8,10-11,18H,6,9H2,1H3. The number of halogens is 2. The molecular weight excluding hydrogens is 406 g/mol. The van der Waals surface area contributed by atoms with Gasteiger partial charge in [0.2, 0.25) is 11.7 Å². The fourth-order valence-corrected chi connectivity index (χ4v) is 3.50. The predicted octanol–water partition coefficient (Wildman–Crippen LogP) is 3.49. The number of carbonyl (C=O) groups excluding carboxylic acids is 1. The maximum Gasteiger partial charge on any atom is 0.256 e. The van der Waals surface area contributed by atoms with Gasteiger partial charge in [-0.2, -0.15) is 20.0 Å². The first-order chi connectivity index (χ1) is 15.0. The molecule has 1 amide bonds. The van der Waals surface area contributed by atoms with E-state index in [1.54, 1.807) is 29.4 Å². The van der Waals surface area contributed by atoms with Gasteiger partial charge in [0.1, 0.15) is 6.04 Å². The summed E-state index contributed by atoms with van der Waals surface area (Å²) in [6, 6.07) is 8.44. The van der Waals surface area contributed by atoms with E-state index in [2.05, 4.69) is 20.3 Å². The quantitative estimate of drug-likeness (QED) is 0.500. The summed E-state index contributed by atoms with van der Waals surface area (Å²) in [7, 11) is 0. The molecule has 1 aliphatic rings.